The lowest BCUT2D eigenvalue weighted by Gasteiger charge is -2.25. The molecule has 0 radical (unpaired) electrons. The number of nitrogens with one attached hydrogen (secondary N) is 1. The second-order valence-electron chi connectivity index (χ2n) is 5.40. The Bertz CT molecular complexity index is 401. The van der Waals surface area contributed by atoms with Gasteiger partial charge >= 0.3 is 0 Å². The number of hydrogen-bond acceptors (Lipinski definition) is 3. The number of amides is 1. The maximum absolute atomic E-state index is 11.8. The number of benzene rings is 1. The molecule has 112 valence electrons. The van der Waals surface area contributed by atoms with Gasteiger partial charge in [-0.3, -0.25) is 4.79 Å². The largest absolute Gasteiger partial charge is 0.399 e. The average molecular weight is 277 g/mol. The number of nitrogen functional groups attached to an aromatic ring is 1. The number of carbonyl (C=O) groups excluding carboxylic acids is 1. The molecule has 1 rings (SSSR count). The van der Waals surface area contributed by atoms with E-state index in [2.05, 4.69) is 31.0 Å². The molecule has 0 saturated carbocycles. The summed E-state index contributed by atoms with van der Waals surface area (Å²) in [4.78, 5) is 14.3. The van der Waals surface area contributed by atoms with Gasteiger partial charge in [-0.05, 0) is 64.0 Å². The van der Waals surface area contributed by atoms with Crippen molar-refractivity contribution in [2.45, 2.75) is 46.1 Å². The van der Waals surface area contributed by atoms with Gasteiger partial charge in [-0.15, -0.1) is 0 Å². The number of nitrogens with zero attached hydrogens (tertiary/aromatic N) is 1. The van der Waals surface area contributed by atoms with Crippen LogP contribution in [-0.4, -0.2) is 29.9 Å². The van der Waals surface area contributed by atoms with Crippen molar-refractivity contribution in [1.82, 2.24) is 4.90 Å². The van der Waals surface area contributed by atoms with E-state index >= 15 is 0 Å². The SMILES string of the molecule is CCCN(CCCC(=O)Nc1ccc(N)cc1)C(C)C. The molecule has 0 unspecified atom stereocenters. The highest BCUT2D eigenvalue weighted by Gasteiger charge is 2.09. The number of carbonyl (C=O) groups is 1. The Kier molecular flexibility index (Phi) is 7.09. The Labute approximate surface area is 122 Å². The second kappa shape index (κ2) is 8.59. The van der Waals surface area contributed by atoms with E-state index in [0.717, 1.165) is 31.6 Å². The summed E-state index contributed by atoms with van der Waals surface area (Å²) < 4.78 is 0. The van der Waals surface area contributed by atoms with Crippen LogP contribution in [0.15, 0.2) is 24.3 Å². The zero-order chi connectivity index (χ0) is 15.0. The van der Waals surface area contributed by atoms with Crippen LogP contribution in [0.5, 0.6) is 0 Å². The summed E-state index contributed by atoms with van der Waals surface area (Å²) in [6.45, 7) is 8.65. The molecular weight excluding hydrogens is 250 g/mol. The van der Waals surface area contributed by atoms with Gasteiger partial charge in [-0.25, -0.2) is 0 Å². The van der Waals surface area contributed by atoms with Crippen molar-refractivity contribution in [3.63, 3.8) is 0 Å². The van der Waals surface area contributed by atoms with Crippen LogP contribution >= 0.6 is 0 Å². The first-order valence-corrected chi connectivity index (χ1v) is 7.42. The highest BCUT2D eigenvalue weighted by Crippen LogP contribution is 2.11. The van der Waals surface area contributed by atoms with E-state index in [-0.39, 0.29) is 5.91 Å². The molecule has 3 N–H and O–H groups in total. The van der Waals surface area contributed by atoms with Crippen molar-refractivity contribution in [3.8, 4) is 0 Å². The predicted molar refractivity (Wildman–Crippen MR) is 85.7 cm³/mol. The van der Waals surface area contributed by atoms with E-state index in [0.29, 0.717) is 18.2 Å². The van der Waals surface area contributed by atoms with Gasteiger partial charge in [0.15, 0.2) is 0 Å². The Morgan fingerprint density at radius 2 is 1.90 bits per heavy atom. The molecule has 0 aliphatic heterocycles. The van der Waals surface area contributed by atoms with Crippen LogP contribution in [0.2, 0.25) is 0 Å². The quantitative estimate of drug-likeness (QED) is 0.718. The van der Waals surface area contributed by atoms with Crippen molar-refractivity contribution in [2.24, 2.45) is 0 Å². The standard InChI is InChI=1S/C16H27N3O/c1-4-11-19(13(2)3)12-5-6-16(20)18-15-9-7-14(17)8-10-15/h7-10,13H,4-6,11-12,17H2,1-3H3,(H,18,20). The third-order valence-corrected chi connectivity index (χ3v) is 3.28. The van der Waals surface area contributed by atoms with E-state index < -0.39 is 0 Å². The zero-order valence-corrected chi connectivity index (χ0v) is 12.9. The van der Waals surface area contributed by atoms with Crippen molar-refractivity contribution in [3.05, 3.63) is 24.3 Å². The summed E-state index contributed by atoms with van der Waals surface area (Å²) in [5, 5.41) is 2.89. The highest BCUT2D eigenvalue weighted by atomic mass is 16.1. The van der Waals surface area contributed by atoms with Gasteiger partial charge in [-0.1, -0.05) is 6.92 Å². The molecule has 0 aliphatic rings. The zero-order valence-electron chi connectivity index (χ0n) is 12.9. The maximum atomic E-state index is 11.8. The van der Waals surface area contributed by atoms with E-state index in [1.165, 1.54) is 0 Å². The fraction of sp³-hybridized carbons (Fsp3) is 0.562. The van der Waals surface area contributed by atoms with Gasteiger partial charge in [0, 0.05) is 23.8 Å². The number of anilines is 2. The monoisotopic (exact) mass is 277 g/mol. The van der Waals surface area contributed by atoms with E-state index in [1.54, 1.807) is 12.1 Å². The molecule has 1 aromatic carbocycles. The molecule has 4 nitrogen and oxygen atoms in total. The minimum atomic E-state index is 0.0648. The van der Waals surface area contributed by atoms with Gasteiger partial charge in [0.2, 0.25) is 5.91 Å². The summed E-state index contributed by atoms with van der Waals surface area (Å²) in [7, 11) is 0. The molecule has 0 aromatic heterocycles. The van der Waals surface area contributed by atoms with Crippen LogP contribution < -0.4 is 11.1 Å². The summed E-state index contributed by atoms with van der Waals surface area (Å²) in [6, 6.07) is 7.76. The maximum Gasteiger partial charge on any atom is 0.224 e. The fourth-order valence-electron chi connectivity index (χ4n) is 2.15. The van der Waals surface area contributed by atoms with Crippen LogP contribution in [0.25, 0.3) is 0 Å². The lowest BCUT2D eigenvalue weighted by molar-refractivity contribution is -0.116. The van der Waals surface area contributed by atoms with Crippen molar-refractivity contribution >= 4 is 17.3 Å². The number of nitrogens with two attached hydrogens (primary N) is 1. The van der Waals surface area contributed by atoms with Gasteiger partial charge in [0.25, 0.3) is 0 Å². The third kappa shape index (κ3) is 6.06. The minimum absolute atomic E-state index is 0.0648. The van der Waals surface area contributed by atoms with Crippen molar-refractivity contribution in [2.75, 3.05) is 24.1 Å². The Hall–Kier alpha value is -1.55. The molecule has 0 atom stereocenters. The fourth-order valence-corrected chi connectivity index (χ4v) is 2.15. The lowest BCUT2D eigenvalue weighted by atomic mass is 10.2. The smallest absolute Gasteiger partial charge is 0.224 e. The first-order valence-electron chi connectivity index (χ1n) is 7.42. The molecule has 1 amide bonds. The molecule has 0 aliphatic carbocycles. The molecule has 0 bridgehead atoms. The molecule has 0 saturated heterocycles. The molecule has 20 heavy (non-hydrogen) atoms. The molecule has 1 aromatic rings. The third-order valence-electron chi connectivity index (χ3n) is 3.28. The molecule has 4 heteroatoms. The number of rotatable bonds is 8. The van der Waals surface area contributed by atoms with Gasteiger partial charge < -0.3 is 16.0 Å². The normalized spacial score (nSPS) is 11.1. The topological polar surface area (TPSA) is 58.4 Å². The van der Waals surface area contributed by atoms with Crippen LogP contribution in [0, 0.1) is 0 Å². The summed E-state index contributed by atoms with van der Waals surface area (Å²) >= 11 is 0. The molecule has 0 spiro atoms. The van der Waals surface area contributed by atoms with Crippen molar-refractivity contribution in [1.29, 1.82) is 0 Å². The average Bonchev–Trinajstić information content (AvgIpc) is 2.40. The van der Waals surface area contributed by atoms with Crippen LogP contribution in [0.4, 0.5) is 11.4 Å². The first kappa shape index (κ1) is 16.5. The lowest BCUT2D eigenvalue weighted by Crippen LogP contribution is -2.33. The van der Waals surface area contributed by atoms with E-state index in [1.807, 2.05) is 12.1 Å². The summed E-state index contributed by atoms with van der Waals surface area (Å²) in [5.41, 5.74) is 7.12. The Balaban J connectivity index is 2.30. The second-order valence-corrected chi connectivity index (χ2v) is 5.40. The predicted octanol–water partition coefficient (Wildman–Crippen LogP) is 3.11. The van der Waals surface area contributed by atoms with Gasteiger partial charge in [0.05, 0.1) is 0 Å². The Morgan fingerprint density at radius 3 is 2.45 bits per heavy atom. The van der Waals surface area contributed by atoms with Crippen molar-refractivity contribution < 1.29 is 4.79 Å². The Morgan fingerprint density at radius 1 is 1.25 bits per heavy atom. The summed E-state index contributed by atoms with van der Waals surface area (Å²) in [5.74, 6) is 0.0648. The molecular formula is C16H27N3O. The van der Waals surface area contributed by atoms with Crippen LogP contribution in [0.1, 0.15) is 40.0 Å². The van der Waals surface area contributed by atoms with Crippen LogP contribution in [-0.2, 0) is 4.79 Å². The highest BCUT2D eigenvalue weighted by molar-refractivity contribution is 5.90. The van der Waals surface area contributed by atoms with E-state index in [9.17, 15) is 4.79 Å². The molecule has 0 heterocycles. The molecule has 0 fully saturated rings. The van der Waals surface area contributed by atoms with Gasteiger partial charge in [-0.2, -0.15) is 0 Å². The van der Waals surface area contributed by atoms with Gasteiger partial charge in [0.1, 0.15) is 0 Å². The summed E-state index contributed by atoms with van der Waals surface area (Å²) in [6.07, 6.45) is 2.59. The number of hydrogen-bond donors (Lipinski definition) is 2. The minimum Gasteiger partial charge on any atom is -0.399 e. The van der Waals surface area contributed by atoms with Crippen LogP contribution in [0.3, 0.4) is 0 Å². The first-order chi connectivity index (χ1) is 9.52. The van der Waals surface area contributed by atoms with E-state index in [4.69, 9.17) is 5.73 Å².